The van der Waals surface area contributed by atoms with Gasteiger partial charge in [0.1, 0.15) is 18.6 Å². The van der Waals surface area contributed by atoms with Crippen molar-refractivity contribution in [2.24, 2.45) is 0 Å². The summed E-state index contributed by atoms with van der Waals surface area (Å²) in [6.07, 6.45) is 0.827. The smallest absolute Gasteiger partial charge is 0.328 e. The predicted molar refractivity (Wildman–Crippen MR) is 98.5 cm³/mol. The van der Waals surface area contributed by atoms with Crippen molar-refractivity contribution < 1.29 is 33.4 Å². The molecule has 0 radical (unpaired) electrons. The lowest BCUT2D eigenvalue weighted by Crippen LogP contribution is -2.49. The molecule has 1 aromatic carbocycles. The van der Waals surface area contributed by atoms with Crippen molar-refractivity contribution in [2.45, 2.75) is 6.42 Å². The molecule has 0 aromatic heterocycles. The zero-order valence-corrected chi connectivity index (χ0v) is 15.6. The van der Waals surface area contributed by atoms with Gasteiger partial charge < -0.3 is 24.3 Å². The Balaban J connectivity index is 1.91. The van der Waals surface area contributed by atoms with Crippen LogP contribution in [0.15, 0.2) is 18.2 Å². The molecule has 0 unspecified atom stereocenters. The summed E-state index contributed by atoms with van der Waals surface area (Å²) in [4.78, 5) is 47.2. The van der Waals surface area contributed by atoms with Gasteiger partial charge in [-0.1, -0.05) is 0 Å². The van der Waals surface area contributed by atoms with Crippen LogP contribution in [-0.4, -0.2) is 70.8 Å². The van der Waals surface area contributed by atoms with Gasteiger partial charge in [0, 0.05) is 25.1 Å². The minimum atomic E-state index is -0.558. The van der Waals surface area contributed by atoms with E-state index >= 15 is 0 Å². The summed E-state index contributed by atoms with van der Waals surface area (Å²) in [6, 6.07) is 4.16. The molecule has 1 aliphatic rings. The topological polar surface area (TPSA) is 123 Å². The number of aldehydes is 1. The van der Waals surface area contributed by atoms with E-state index in [1.807, 2.05) is 0 Å². The van der Waals surface area contributed by atoms with Gasteiger partial charge in [-0.2, -0.15) is 0 Å². The molecule has 1 aromatic rings. The minimum Gasteiger partial charge on any atom is -0.495 e. The number of urea groups is 1. The van der Waals surface area contributed by atoms with E-state index < -0.39 is 6.03 Å². The first-order chi connectivity index (χ1) is 13.6. The summed E-state index contributed by atoms with van der Waals surface area (Å²) in [5.41, 5.74) is 0.749. The van der Waals surface area contributed by atoms with Crippen LogP contribution in [0.4, 0.5) is 10.5 Å². The summed E-state index contributed by atoms with van der Waals surface area (Å²) in [7, 11) is 1.46. The normalized spacial score (nSPS) is 13.8. The van der Waals surface area contributed by atoms with E-state index in [0.717, 1.165) is 0 Å². The number of anilines is 1. The lowest BCUT2D eigenvalue weighted by atomic mass is 10.1. The second-order valence-electron chi connectivity index (χ2n) is 5.75. The van der Waals surface area contributed by atoms with Crippen molar-refractivity contribution in [1.82, 2.24) is 10.6 Å². The number of methoxy groups -OCH3 is 1. The maximum Gasteiger partial charge on any atom is 0.328 e. The first-order valence-electron chi connectivity index (χ1n) is 8.73. The molecule has 2 N–H and O–H groups in total. The van der Waals surface area contributed by atoms with Crippen molar-refractivity contribution in [3.05, 3.63) is 23.8 Å². The molecule has 0 bridgehead atoms. The van der Waals surface area contributed by atoms with E-state index in [4.69, 9.17) is 14.2 Å². The van der Waals surface area contributed by atoms with Gasteiger partial charge in [-0.3, -0.25) is 19.8 Å². The number of carbonyl (C=O) groups excluding carboxylic acids is 4. The average Bonchev–Trinajstić information content (AvgIpc) is 2.69. The van der Waals surface area contributed by atoms with E-state index in [-0.39, 0.29) is 44.5 Å². The van der Waals surface area contributed by atoms with E-state index in [2.05, 4.69) is 10.6 Å². The standard InChI is InChI=1S/C18H23N3O7/c1-26-15-3-2-13(12-14(15)21-6-4-16(23)20-18(21)25)17(24)19-5-8-27-10-11-28-9-7-22/h2-3,7,12H,4-6,8-11H2,1H3,(H,19,24)(H,20,23,25). The van der Waals surface area contributed by atoms with Gasteiger partial charge in [0.05, 0.1) is 32.6 Å². The van der Waals surface area contributed by atoms with Crippen molar-refractivity contribution in [2.75, 3.05) is 51.5 Å². The molecule has 4 amide bonds. The highest BCUT2D eigenvalue weighted by Gasteiger charge is 2.27. The number of amides is 4. The monoisotopic (exact) mass is 393 g/mol. The number of ether oxygens (including phenoxy) is 3. The number of benzene rings is 1. The summed E-state index contributed by atoms with van der Waals surface area (Å²) >= 11 is 0. The molecule has 1 saturated heterocycles. The van der Waals surface area contributed by atoms with Crippen molar-refractivity contribution in [3.8, 4) is 5.75 Å². The first-order valence-corrected chi connectivity index (χ1v) is 8.73. The predicted octanol–water partition coefficient (Wildman–Crippen LogP) is 0.103. The van der Waals surface area contributed by atoms with Crippen LogP contribution in [-0.2, 0) is 19.1 Å². The van der Waals surface area contributed by atoms with Gasteiger partial charge in [0.15, 0.2) is 0 Å². The second kappa shape index (κ2) is 11.0. The van der Waals surface area contributed by atoms with Crippen LogP contribution in [0.3, 0.4) is 0 Å². The van der Waals surface area contributed by atoms with Gasteiger partial charge in [-0.05, 0) is 18.2 Å². The number of imide groups is 1. The van der Waals surface area contributed by atoms with E-state index in [0.29, 0.717) is 36.5 Å². The second-order valence-corrected chi connectivity index (χ2v) is 5.75. The van der Waals surface area contributed by atoms with Crippen LogP contribution in [0.1, 0.15) is 16.8 Å². The summed E-state index contributed by atoms with van der Waals surface area (Å²) < 4.78 is 15.5. The van der Waals surface area contributed by atoms with Crippen molar-refractivity contribution >= 4 is 29.8 Å². The number of rotatable bonds is 11. The summed E-state index contributed by atoms with van der Waals surface area (Å²) in [5, 5.41) is 4.95. The Labute approximate surface area is 162 Å². The molecule has 1 fully saturated rings. The SMILES string of the molecule is COc1ccc(C(=O)NCCOCCOCC=O)cc1N1CCC(=O)NC1=O. The van der Waals surface area contributed by atoms with Gasteiger partial charge in [-0.25, -0.2) is 4.79 Å². The summed E-state index contributed by atoms with van der Waals surface area (Å²) in [6.45, 7) is 1.42. The van der Waals surface area contributed by atoms with Gasteiger partial charge in [-0.15, -0.1) is 0 Å². The lowest BCUT2D eigenvalue weighted by molar-refractivity contribution is -0.120. The molecule has 1 aliphatic heterocycles. The maximum absolute atomic E-state index is 12.3. The van der Waals surface area contributed by atoms with E-state index in [9.17, 15) is 19.2 Å². The third-order valence-corrected chi connectivity index (χ3v) is 3.88. The molecule has 152 valence electrons. The number of nitrogens with one attached hydrogen (secondary N) is 2. The molecular formula is C18H23N3O7. The molecule has 0 spiro atoms. The Morgan fingerprint density at radius 3 is 2.75 bits per heavy atom. The molecule has 10 nitrogen and oxygen atoms in total. The lowest BCUT2D eigenvalue weighted by Gasteiger charge is -2.28. The quantitative estimate of drug-likeness (QED) is 0.404. The third kappa shape index (κ3) is 6.03. The van der Waals surface area contributed by atoms with Crippen LogP contribution < -0.4 is 20.3 Å². The molecular weight excluding hydrogens is 370 g/mol. The van der Waals surface area contributed by atoms with E-state index in [1.165, 1.54) is 18.1 Å². The Morgan fingerprint density at radius 1 is 1.25 bits per heavy atom. The Morgan fingerprint density at radius 2 is 2.04 bits per heavy atom. The Bertz CT molecular complexity index is 723. The largest absolute Gasteiger partial charge is 0.495 e. The minimum absolute atomic E-state index is 0.0309. The molecule has 28 heavy (non-hydrogen) atoms. The van der Waals surface area contributed by atoms with Crippen LogP contribution >= 0.6 is 0 Å². The highest BCUT2D eigenvalue weighted by atomic mass is 16.5. The molecule has 10 heteroatoms. The first kappa shape index (κ1) is 21.3. The van der Waals surface area contributed by atoms with Gasteiger partial charge in [0.2, 0.25) is 5.91 Å². The van der Waals surface area contributed by atoms with Gasteiger partial charge in [0.25, 0.3) is 5.91 Å². The summed E-state index contributed by atoms with van der Waals surface area (Å²) in [5.74, 6) is -0.261. The van der Waals surface area contributed by atoms with Crippen molar-refractivity contribution in [1.29, 1.82) is 0 Å². The zero-order chi connectivity index (χ0) is 20.4. The van der Waals surface area contributed by atoms with Crippen LogP contribution in [0, 0.1) is 0 Å². The fourth-order valence-corrected chi connectivity index (χ4v) is 2.53. The maximum atomic E-state index is 12.3. The number of hydrogen-bond acceptors (Lipinski definition) is 7. The van der Waals surface area contributed by atoms with Crippen LogP contribution in [0.5, 0.6) is 5.75 Å². The highest BCUT2D eigenvalue weighted by Crippen LogP contribution is 2.30. The average molecular weight is 393 g/mol. The third-order valence-electron chi connectivity index (χ3n) is 3.88. The molecule has 0 saturated carbocycles. The molecule has 0 atom stereocenters. The fourth-order valence-electron chi connectivity index (χ4n) is 2.53. The van der Waals surface area contributed by atoms with Crippen LogP contribution in [0.25, 0.3) is 0 Å². The fraction of sp³-hybridized carbons (Fsp3) is 0.444. The molecule has 1 heterocycles. The van der Waals surface area contributed by atoms with Crippen LogP contribution in [0.2, 0.25) is 0 Å². The highest BCUT2D eigenvalue weighted by molar-refractivity contribution is 6.07. The molecule has 0 aliphatic carbocycles. The van der Waals surface area contributed by atoms with Crippen molar-refractivity contribution in [3.63, 3.8) is 0 Å². The Hall–Kier alpha value is -2.98. The number of carbonyl (C=O) groups is 4. The number of hydrogen-bond donors (Lipinski definition) is 2. The van der Waals surface area contributed by atoms with Gasteiger partial charge >= 0.3 is 6.03 Å². The Kier molecular flexibility index (Phi) is 8.37. The number of nitrogens with zero attached hydrogens (tertiary/aromatic N) is 1. The zero-order valence-electron chi connectivity index (χ0n) is 15.6. The molecule has 2 rings (SSSR count). The van der Waals surface area contributed by atoms with E-state index in [1.54, 1.807) is 12.1 Å².